The highest BCUT2D eigenvalue weighted by Crippen LogP contribution is 2.45. The largest absolute Gasteiger partial charge is 0.416 e. The van der Waals surface area contributed by atoms with Crippen LogP contribution >= 0.6 is 0 Å². The molecule has 0 spiro atoms. The molecule has 0 saturated heterocycles. The molecule has 0 bridgehead atoms. The molecule has 0 amide bonds. The smallest absolute Gasteiger partial charge is 0.388 e. The summed E-state index contributed by atoms with van der Waals surface area (Å²) in [5, 5.41) is 5.03. The molecule has 4 aromatic rings. The van der Waals surface area contributed by atoms with Crippen LogP contribution in [-0.2, 0) is 6.18 Å². The zero-order chi connectivity index (χ0) is 21.3. The van der Waals surface area contributed by atoms with E-state index in [2.05, 4.69) is 11.9 Å². The molecule has 30 heavy (non-hydrogen) atoms. The SMILES string of the molecule is C=Cc1cc2ccccc2c(-c2ccccc2)c1-c1cc(C(F)(F)F)ccc1NC. The van der Waals surface area contributed by atoms with Crippen LogP contribution in [0.25, 0.3) is 39.1 Å². The average Bonchev–Trinajstić information content (AvgIpc) is 2.77. The summed E-state index contributed by atoms with van der Waals surface area (Å²) in [5.41, 5.74) is 3.77. The van der Waals surface area contributed by atoms with Crippen molar-refractivity contribution < 1.29 is 13.2 Å². The number of anilines is 1. The first-order valence-electron chi connectivity index (χ1n) is 9.57. The molecule has 0 heterocycles. The van der Waals surface area contributed by atoms with Gasteiger partial charge in [0, 0.05) is 18.3 Å². The fraction of sp³-hybridized carbons (Fsp3) is 0.0769. The molecule has 0 atom stereocenters. The molecule has 1 nitrogen and oxygen atoms in total. The average molecular weight is 403 g/mol. The van der Waals surface area contributed by atoms with Gasteiger partial charge >= 0.3 is 6.18 Å². The third-order valence-electron chi connectivity index (χ3n) is 5.25. The molecule has 4 rings (SSSR count). The van der Waals surface area contributed by atoms with E-state index in [1.807, 2.05) is 60.7 Å². The van der Waals surface area contributed by atoms with Crippen molar-refractivity contribution in [3.05, 3.63) is 96.6 Å². The Balaban J connectivity index is 2.18. The van der Waals surface area contributed by atoms with Crippen molar-refractivity contribution in [1.82, 2.24) is 0 Å². The second kappa shape index (κ2) is 7.71. The van der Waals surface area contributed by atoms with Crippen molar-refractivity contribution in [3.8, 4) is 22.3 Å². The van der Waals surface area contributed by atoms with Crippen LogP contribution in [0.5, 0.6) is 0 Å². The molecule has 0 radical (unpaired) electrons. The summed E-state index contributed by atoms with van der Waals surface area (Å²) in [6.07, 6.45) is -2.73. The van der Waals surface area contributed by atoms with Crippen LogP contribution in [0.3, 0.4) is 0 Å². The molecule has 0 aromatic heterocycles. The Bertz CT molecular complexity index is 1220. The Kier molecular flexibility index (Phi) is 5.08. The highest BCUT2D eigenvalue weighted by Gasteiger charge is 2.31. The molecule has 0 saturated carbocycles. The van der Waals surface area contributed by atoms with E-state index in [-0.39, 0.29) is 0 Å². The summed E-state index contributed by atoms with van der Waals surface area (Å²) in [7, 11) is 1.71. The predicted octanol–water partition coefficient (Wildman–Crippen LogP) is 7.88. The lowest BCUT2D eigenvalue weighted by molar-refractivity contribution is -0.137. The summed E-state index contributed by atoms with van der Waals surface area (Å²) in [6, 6.07) is 23.4. The summed E-state index contributed by atoms with van der Waals surface area (Å²) >= 11 is 0. The van der Waals surface area contributed by atoms with Crippen molar-refractivity contribution in [2.75, 3.05) is 12.4 Å². The maximum Gasteiger partial charge on any atom is 0.416 e. The maximum absolute atomic E-state index is 13.5. The Labute approximate surface area is 173 Å². The Morgan fingerprint density at radius 1 is 0.833 bits per heavy atom. The lowest BCUT2D eigenvalue weighted by Crippen LogP contribution is -2.06. The number of halogens is 3. The van der Waals surface area contributed by atoms with Gasteiger partial charge in [-0.3, -0.25) is 0 Å². The highest BCUT2D eigenvalue weighted by molar-refractivity contribution is 6.08. The van der Waals surface area contributed by atoms with Crippen molar-refractivity contribution in [3.63, 3.8) is 0 Å². The predicted molar refractivity (Wildman–Crippen MR) is 119 cm³/mol. The third kappa shape index (κ3) is 3.45. The normalized spacial score (nSPS) is 11.5. The van der Waals surface area contributed by atoms with Crippen molar-refractivity contribution in [1.29, 1.82) is 0 Å². The molecule has 0 aliphatic rings. The fourth-order valence-electron chi connectivity index (χ4n) is 3.87. The lowest BCUT2D eigenvalue weighted by atomic mass is 9.85. The Morgan fingerprint density at radius 2 is 1.53 bits per heavy atom. The molecular formula is C26H20F3N. The van der Waals surface area contributed by atoms with Gasteiger partial charge in [-0.05, 0) is 57.3 Å². The van der Waals surface area contributed by atoms with E-state index >= 15 is 0 Å². The van der Waals surface area contributed by atoms with E-state index in [1.54, 1.807) is 13.1 Å². The van der Waals surface area contributed by atoms with E-state index in [9.17, 15) is 13.2 Å². The van der Waals surface area contributed by atoms with Crippen LogP contribution in [0.2, 0.25) is 0 Å². The first kappa shape index (κ1) is 19.8. The van der Waals surface area contributed by atoms with Gasteiger partial charge in [-0.1, -0.05) is 67.3 Å². The third-order valence-corrected chi connectivity index (χ3v) is 5.25. The molecule has 4 aromatic carbocycles. The van der Waals surface area contributed by atoms with Crippen LogP contribution in [0.1, 0.15) is 11.1 Å². The van der Waals surface area contributed by atoms with E-state index in [4.69, 9.17) is 0 Å². The highest BCUT2D eigenvalue weighted by atomic mass is 19.4. The van der Waals surface area contributed by atoms with Gasteiger partial charge in [0.15, 0.2) is 0 Å². The van der Waals surface area contributed by atoms with Crippen LogP contribution < -0.4 is 5.32 Å². The van der Waals surface area contributed by atoms with Crippen molar-refractivity contribution in [2.24, 2.45) is 0 Å². The Morgan fingerprint density at radius 3 is 2.20 bits per heavy atom. The second-order valence-corrected chi connectivity index (χ2v) is 7.02. The first-order valence-corrected chi connectivity index (χ1v) is 9.57. The molecule has 150 valence electrons. The number of hydrogen-bond donors (Lipinski definition) is 1. The molecule has 4 heteroatoms. The van der Waals surface area contributed by atoms with Gasteiger partial charge in [-0.15, -0.1) is 0 Å². The summed E-state index contributed by atoms with van der Waals surface area (Å²) in [6.45, 7) is 3.94. The van der Waals surface area contributed by atoms with Gasteiger partial charge in [0.25, 0.3) is 0 Å². The van der Waals surface area contributed by atoms with E-state index < -0.39 is 11.7 Å². The number of benzene rings is 4. The van der Waals surface area contributed by atoms with Crippen LogP contribution in [0.4, 0.5) is 18.9 Å². The monoisotopic (exact) mass is 403 g/mol. The van der Waals surface area contributed by atoms with Crippen molar-refractivity contribution in [2.45, 2.75) is 6.18 Å². The second-order valence-electron chi connectivity index (χ2n) is 7.02. The van der Waals surface area contributed by atoms with Gasteiger partial charge < -0.3 is 5.32 Å². The fourth-order valence-corrected chi connectivity index (χ4v) is 3.87. The van der Waals surface area contributed by atoms with Crippen LogP contribution in [-0.4, -0.2) is 7.05 Å². The number of hydrogen-bond acceptors (Lipinski definition) is 1. The summed E-state index contributed by atoms with van der Waals surface area (Å²) in [5.74, 6) is 0. The maximum atomic E-state index is 13.5. The topological polar surface area (TPSA) is 12.0 Å². The molecule has 0 unspecified atom stereocenters. The number of nitrogens with one attached hydrogen (secondary N) is 1. The quantitative estimate of drug-likeness (QED) is 0.365. The van der Waals surface area contributed by atoms with Gasteiger partial charge in [0.1, 0.15) is 0 Å². The number of fused-ring (bicyclic) bond motifs is 1. The van der Waals surface area contributed by atoms with Crippen LogP contribution in [0.15, 0.2) is 85.4 Å². The Hall–Kier alpha value is -3.53. The standard InChI is InChI=1S/C26H20F3N/c1-3-17-15-19-11-7-8-12-21(19)25(18-9-5-4-6-10-18)24(17)22-16-20(26(27,28)29)13-14-23(22)30-2/h3-16,30H,1H2,2H3. The number of rotatable bonds is 4. The number of alkyl halides is 3. The minimum Gasteiger partial charge on any atom is -0.388 e. The lowest BCUT2D eigenvalue weighted by Gasteiger charge is -2.21. The summed E-state index contributed by atoms with van der Waals surface area (Å²) in [4.78, 5) is 0. The molecule has 1 N–H and O–H groups in total. The van der Waals surface area contributed by atoms with Gasteiger partial charge in [-0.25, -0.2) is 0 Å². The van der Waals surface area contributed by atoms with Gasteiger partial charge in [0.05, 0.1) is 5.56 Å². The minimum absolute atomic E-state index is 0.492. The molecule has 0 aliphatic carbocycles. The molecule has 0 aliphatic heterocycles. The molecular weight excluding hydrogens is 383 g/mol. The zero-order valence-electron chi connectivity index (χ0n) is 16.4. The van der Waals surface area contributed by atoms with E-state index in [1.165, 1.54) is 12.1 Å². The minimum atomic E-state index is -4.43. The van der Waals surface area contributed by atoms with Gasteiger partial charge in [-0.2, -0.15) is 13.2 Å². The summed E-state index contributed by atoms with van der Waals surface area (Å²) < 4.78 is 40.6. The van der Waals surface area contributed by atoms with Crippen LogP contribution in [0, 0.1) is 0 Å². The van der Waals surface area contributed by atoms with E-state index in [0.717, 1.165) is 39.1 Å². The molecule has 0 fully saturated rings. The van der Waals surface area contributed by atoms with E-state index in [0.29, 0.717) is 11.3 Å². The zero-order valence-corrected chi connectivity index (χ0v) is 16.4. The first-order chi connectivity index (χ1) is 14.4. The van der Waals surface area contributed by atoms with Gasteiger partial charge in [0.2, 0.25) is 0 Å². The van der Waals surface area contributed by atoms with Crippen molar-refractivity contribution >= 4 is 22.5 Å².